The molecule has 2 aromatic heterocycles. The molecule has 0 radical (unpaired) electrons. The molecule has 0 atom stereocenters. The van der Waals surface area contributed by atoms with Crippen LogP contribution in [0.2, 0.25) is 0 Å². The SMILES string of the molecule is CC(C)c1c([N+](=O)[O-])cnc2c1ccn2S(=O)(=O)c1ccccc1. The zero-order chi connectivity index (χ0) is 17.5. The van der Waals surface area contributed by atoms with Crippen molar-refractivity contribution in [3.63, 3.8) is 0 Å². The van der Waals surface area contributed by atoms with Crippen molar-refractivity contribution in [2.75, 3.05) is 0 Å². The highest BCUT2D eigenvalue weighted by Gasteiger charge is 2.25. The Labute approximate surface area is 138 Å². The molecule has 124 valence electrons. The van der Waals surface area contributed by atoms with E-state index in [-0.39, 0.29) is 22.1 Å². The summed E-state index contributed by atoms with van der Waals surface area (Å²) in [4.78, 5) is 14.9. The third kappa shape index (κ3) is 2.44. The first-order valence-electron chi connectivity index (χ1n) is 7.29. The minimum Gasteiger partial charge on any atom is -0.258 e. The topological polar surface area (TPSA) is 95.1 Å². The van der Waals surface area contributed by atoms with Gasteiger partial charge in [0.2, 0.25) is 0 Å². The van der Waals surface area contributed by atoms with Crippen LogP contribution >= 0.6 is 0 Å². The average molecular weight is 345 g/mol. The molecule has 0 aliphatic carbocycles. The molecule has 0 aliphatic rings. The Balaban J connectivity index is 2.30. The number of benzene rings is 1. The van der Waals surface area contributed by atoms with Crippen LogP contribution in [0.5, 0.6) is 0 Å². The van der Waals surface area contributed by atoms with Gasteiger partial charge in [0.15, 0.2) is 5.65 Å². The minimum absolute atomic E-state index is 0.104. The lowest BCUT2D eigenvalue weighted by molar-refractivity contribution is -0.385. The first-order valence-corrected chi connectivity index (χ1v) is 8.73. The van der Waals surface area contributed by atoms with Gasteiger partial charge in [-0.05, 0) is 24.1 Å². The maximum absolute atomic E-state index is 12.8. The number of hydrogen-bond acceptors (Lipinski definition) is 5. The number of aromatic nitrogens is 2. The van der Waals surface area contributed by atoms with Gasteiger partial charge in [-0.3, -0.25) is 10.1 Å². The molecule has 8 heteroatoms. The first-order chi connectivity index (χ1) is 11.3. The second-order valence-corrected chi connectivity index (χ2v) is 7.45. The number of pyridine rings is 1. The van der Waals surface area contributed by atoms with Gasteiger partial charge in [-0.25, -0.2) is 17.4 Å². The predicted molar refractivity (Wildman–Crippen MR) is 89.5 cm³/mol. The van der Waals surface area contributed by atoms with Crippen LogP contribution in [0.3, 0.4) is 0 Å². The number of hydrogen-bond donors (Lipinski definition) is 0. The standard InChI is InChI=1S/C16H15N3O4S/c1-11(2)15-13-8-9-18(16(13)17-10-14(15)19(20)21)24(22,23)12-6-4-3-5-7-12/h3-11H,1-2H3. The summed E-state index contributed by atoms with van der Waals surface area (Å²) in [5.74, 6) is -0.147. The third-order valence-corrected chi connectivity index (χ3v) is 5.46. The summed E-state index contributed by atoms with van der Waals surface area (Å²) in [6, 6.07) is 9.55. The van der Waals surface area contributed by atoms with Crippen molar-refractivity contribution in [3.05, 3.63) is 64.5 Å². The first kappa shape index (κ1) is 16.1. The average Bonchev–Trinajstić information content (AvgIpc) is 2.99. The monoisotopic (exact) mass is 345 g/mol. The number of fused-ring (bicyclic) bond motifs is 1. The van der Waals surface area contributed by atoms with Crippen molar-refractivity contribution in [2.45, 2.75) is 24.7 Å². The number of nitrogens with zero attached hydrogens (tertiary/aromatic N) is 3. The van der Waals surface area contributed by atoms with Crippen molar-refractivity contribution < 1.29 is 13.3 Å². The van der Waals surface area contributed by atoms with Crippen molar-refractivity contribution in [1.82, 2.24) is 8.96 Å². The van der Waals surface area contributed by atoms with Gasteiger partial charge in [0.1, 0.15) is 6.20 Å². The van der Waals surface area contributed by atoms with Gasteiger partial charge in [0.05, 0.1) is 9.82 Å². The number of rotatable bonds is 4. The minimum atomic E-state index is -3.81. The summed E-state index contributed by atoms with van der Waals surface area (Å²) >= 11 is 0. The Morgan fingerprint density at radius 2 is 1.83 bits per heavy atom. The molecule has 7 nitrogen and oxygen atoms in total. The highest BCUT2D eigenvalue weighted by molar-refractivity contribution is 7.90. The molecule has 0 saturated carbocycles. The van der Waals surface area contributed by atoms with E-state index >= 15 is 0 Å². The van der Waals surface area contributed by atoms with Crippen molar-refractivity contribution >= 4 is 26.7 Å². The Kier molecular flexibility index (Phi) is 3.84. The highest BCUT2D eigenvalue weighted by Crippen LogP contribution is 2.34. The van der Waals surface area contributed by atoms with Crippen LogP contribution < -0.4 is 0 Å². The van der Waals surface area contributed by atoms with E-state index in [1.54, 1.807) is 24.3 Å². The van der Waals surface area contributed by atoms with Crippen LogP contribution in [0.15, 0.2) is 53.7 Å². The molecule has 0 aliphatic heterocycles. The summed E-state index contributed by atoms with van der Waals surface area (Å²) in [6.45, 7) is 3.65. The lowest BCUT2D eigenvalue weighted by Crippen LogP contribution is -2.12. The molecule has 0 saturated heterocycles. The molecule has 0 spiro atoms. The van der Waals surface area contributed by atoms with Gasteiger partial charge in [-0.15, -0.1) is 0 Å². The van der Waals surface area contributed by atoms with E-state index in [0.29, 0.717) is 10.9 Å². The van der Waals surface area contributed by atoms with Crippen LogP contribution in [-0.4, -0.2) is 22.3 Å². The quantitative estimate of drug-likeness (QED) is 0.534. The smallest absolute Gasteiger partial charge is 0.258 e. The van der Waals surface area contributed by atoms with E-state index < -0.39 is 14.9 Å². The second kappa shape index (κ2) is 5.72. The van der Waals surface area contributed by atoms with Gasteiger partial charge in [0.25, 0.3) is 15.7 Å². The molecule has 3 aromatic rings. The van der Waals surface area contributed by atoms with Gasteiger partial charge >= 0.3 is 0 Å². The Morgan fingerprint density at radius 1 is 1.17 bits per heavy atom. The molecule has 0 N–H and O–H groups in total. The van der Waals surface area contributed by atoms with Crippen molar-refractivity contribution in [1.29, 1.82) is 0 Å². The Bertz CT molecular complexity index is 1020. The summed E-state index contributed by atoms with van der Waals surface area (Å²) in [5, 5.41) is 11.7. The van der Waals surface area contributed by atoms with Crippen LogP contribution in [0.1, 0.15) is 25.3 Å². The Morgan fingerprint density at radius 3 is 2.42 bits per heavy atom. The summed E-state index contributed by atoms with van der Waals surface area (Å²) in [6.07, 6.45) is 2.50. The van der Waals surface area contributed by atoms with E-state index in [1.807, 2.05) is 13.8 Å². The predicted octanol–water partition coefficient (Wildman–Crippen LogP) is 3.30. The second-order valence-electron chi connectivity index (χ2n) is 5.64. The number of nitro groups is 1. The van der Waals surface area contributed by atoms with Gasteiger partial charge in [-0.2, -0.15) is 0 Å². The molecule has 0 fully saturated rings. The fraction of sp³-hybridized carbons (Fsp3) is 0.188. The van der Waals surface area contributed by atoms with E-state index in [4.69, 9.17) is 0 Å². The summed E-state index contributed by atoms with van der Waals surface area (Å²) < 4.78 is 26.7. The fourth-order valence-corrected chi connectivity index (χ4v) is 4.05. The Hall–Kier alpha value is -2.74. The van der Waals surface area contributed by atoms with E-state index in [2.05, 4.69) is 4.98 Å². The molecule has 0 amide bonds. The van der Waals surface area contributed by atoms with Gasteiger partial charge < -0.3 is 0 Å². The molecule has 0 bridgehead atoms. The zero-order valence-corrected chi connectivity index (χ0v) is 13.9. The molecular weight excluding hydrogens is 330 g/mol. The summed E-state index contributed by atoms with van der Waals surface area (Å²) in [7, 11) is -3.81. The van der Waals surface area contributed by atoms with Crippen molar-refractivity contribution in [2.24, 2.45) is 0 Å². The highest BCUT2D eigenvalue weighted by atomic mass is 32.2. The lowest BCUT2D eigenvalue weighted by Gasteiger charge is -2.10. The third-order valence-electron chi connectivity index (χ3n) is 3.78. The van der Waals surface area contributed by atoms with Crippen molar-refractivity contribution in [3.8, 4) is 0 Å². The maximum atomic E-state index is 12.8. The normalized spacial score (nSPS) is 12.0. The molecule has 2 heterocycles. The lowest BCUT2D eigenvalue weighted by atomic mass is 9.99. The molecule has 3 rings (SSSR count). The van der Waals surface area contributed by atoms with Crippen LogP contribution in [0.4, 0.5) is 5.69 Å². The molecule has 24 heavy (non-hydrogen) atoms. The van der Waals surface area contributed by atoms with Gasteiger partial charge in [-0.1, -0.05) is 32.0 Å². The molecule has 1 aromatic carbocycles. The molecule has 0 unspecified atom stereocenters. The maximum Gasteiger partial charge on any atom is 0.291 e. The van der Waals surface area contributed by atoms with E-state index in [9.17, 15) is 18.5 Å². The zero-order valence-electron chi connectivity index (χ0n) is 13.1. The van der Waals surface area contributed by atoms with E-state index in [1.165, 1.54) is 18.3 Å². The fourth-order valence-electron chi connectivity index (χ4n) is 2.72. The van der Waals surface area contributed by atoms with Gasteiger partial charge in [0, 0.05) is 17.1 Å². The van der Waals surface area contributed by atoms with Crippen LogP contribution in [0, 0.1) is 10.1 Å². The van der Waals surface area contributed by atoms with E-state index in [0.717, 1.165) is 10.2 Å². The van der Waals surface area contributed by atoms with Crippen LogP contribution in [0.25, 0.3) is 11.0 Å². The van der Waals surface area contributed by atoms with Crippen LogP contribution in [-0.2, 0) is 10.0 Å². The summed E-state index contributed by atoms with van der Waals surface area (Å²) in [5.41, 5.74) is 0.563. The molecular formula is C16H15N3O4S. The largest absolute Gasteiger partial charge is 0.291 e.